The molecule has 3 aromatic rings. The Balaban J connectivity index is 1.96. The first-order valence-electron chi connectivity index (χ1n) is 9.08. The molecule has 1 N–H and O–H groups in total. The molecule has 0 aliphatic carbocycles. The van der Waals surface area contributed by atoms with Crippen molar-refractivity contribution in [3.05, 3.63) is 77.3 Å². The third kappa shape index (κ3) is 4.42. The molecule has 0 bridgehead atoms. The minimum absolute atomic E-state index is 0.182. The molecule has 0 radical (unpaired) electrons. The van der Waals surface area contributed by atoms with Gasteiger partial charge in [-0.25, -0.2) is 4.98 Å². The Hall–Kier alpha value is -2.64. The number of ether oxygens (including phenoxy) is 1. The summed E-state index contributed by atoms with van der Waals surface area (Å²) in [5.41, 5.74) is -0.0293. The van der Waals surface area contributed by atoms with Crippen molar-refractivity contribution in [2.45, 2.75) is 32.7 Å². The van der Waals surface area contributed by atoms with E-state index in [2.05, 4.69) is 14.7 Å². The van der Waals surface area contributed by atoms with Crippen molar-refractivity contribution in [3.63, 3.8) is 0 Å². The van der Waals surface area contributed by atoms with E-state index in [1.165, 1.54) is 30.5 Å². The Morgan fingerprint density at radius 2 is 1.53 bits per heavy atom. The number of alkyl halides is 3. The summed E-state index contributed by atoms with van der Waals surface area (Å²) < 4.78 is 40.8. The third-order valence-electron chi connectivity index (χ3n) is 4.79. The van der Waals surface area contributed by atoms with Crippen LogP contribution in [0.4, 0.5) is 13.2 Å². The quantitative estimate of drug-likeness (QED) is 0.511. The van der Waals surface area contributed by atoms with Crippen LogP contribution in [-0.2, 0) is 5.60 Å². The lowest BCUT2D eigenvalue weighted by Gasteiger charge is -2.40. The molecule has 2 heterocycles. The maximum atomic E-state index is 12.3. The highest BCUT2D eigenvalue weighted by molar-refractivity contribution is 6.30. The highest BCUT2D eigenvalue weighted by atomic mass is 35.5. The number of aliphatic hydroxyl groups is 1. The number of halogens is 4. The molecule has 8 heteroatoms. The Morgan fingerprint density at radius 1 is 0.900 bits per heavy atom. The fourth-order valence-electron chi connectivity index (χ4n) is 3.21. The van der Waals surface area contributed by atoms with E-state index < -0.39 is 17.4 Å². The van der Waals surface area contributed by atoms with E-state index in [-0.39, 0.29) is 10.9 Å². The summed E-state index contributed by atoms with van der Waals surface area (Å²) in [6, 6.07) is 12.3. The van der Waals surface area contributed by atoms with Crippen LogP contribution in [0.3, 0.4) is 0 Å². The summed E-state index contributed by atoms with van der Waals surface area (Å²) in [5, 5.41) is 11.8. The van der Waals surface area contributed by atoms with Gasteiger partial charge in [-0.2, -0.15) is 0 Å². The Bertz CT molecular complexity index is 1020. The maximum Gasteiger partial charge on any atom is 0.573 e. The van der Waals surface area contributed by atoms with Gasteiger partial charge in [-0.1, -0.05) is 56.6 Å². The average molecular weight is 437 g/mol. The van der Waals surface area contributed by atoms with Crippen molar-refractivity contribution >= 4 is 11.6 Å². The fourth-order valence-corrected chi connectivity index (χ4v) is 3.47. The van der Waals surface area contributed by atoms with Crippen LogP contribution in [0.15, 0.2) is 60.9 Å². The van der Waals surface area contributed by atoms with Gasteiger partial charge >= 0.3 is 6.36 Å². The number of hydrogen-bond donors (Lipinski definition) is 1. The largest absolute Gasteiger partial charge is 0.573 e. The molecule has 1 aromatic carbocycles. The molecule has 1 atom stereocenters. The second-order valence-corrected chi connectivity index (χ2v) is 8.16. The standard InChI is InChI=1S/C22H20ClF3N2O2/c1-20(2,3)21(29,17-5-4-12-27-19(17)23)18-11-8-15(13-28-18)14-6-9-16(10-7-14)30-22(24,25)26/h4-13,29H,1-3H3. The summed E-state index contributed by atoms with van der Waals surface area (Å²) in [4.78, 5) is 8.51. The van der Waals surface area contributed by atoms with Crippen LogP contribution in [0.25, 0.3) is 11.1 Å². The predicted octanol–water partition coefficient (Wildman–Crippen LogP) is 5.98. The predicted molar refractivity (Wildman–Crippen MR) is 108 cm³/mol. The average Bonchev–Trinajstić information content (AvgIpc) is 2.66. The first-order valence-corrected chi connectivity index (χ1v) is 9.46. The van der Waals surface area contributed by atoms with E-state index >= 15 is 0 Å². The molecule has 3 rings (SSSR count). The third-order valence-corrected chi connectivity index (χ3v) is 5.09. The molecule has 30 heavy (non-hydrogen) atoms. The number of rotatable bonds is 4. The lowest BCUT2D eigenvalue weighted by Crippen LogP contribution is -2.42. The topological polar surface area (TPSA) is 55.2 Å². The van der Waals surface area contributed by atoms with Crippen molar-refractivity contribution in [1.82, 2.24) is 9.97 Å². The molecule has 0 saturated carbocycles. The fraction of sp³-hybridized carbons (Fsp3) is 0.273. The summed E-state index contributed by atoms with van der Waals surface area (Å²) >= 11 is 6.26. The van der Waals surface area contributed by atoms with Crippen LogP contribution in [0.2, 0.25) is 5.15 Å². The van der Waals surface area contributed by atoms with Gasteiger partial charge < -0.3 is 9.84 Å². The van der Waals surface area contributed by atoms with Gasteiger partial charge in [0.25, 0.3) is 0 Å². The lowest BCUT2D eigenvalue weighted by molar-refractivity contribution is -0.274. The van der Waals surface area contributed by atoms with Gasteiger partial charge in [-0.05, 0) is 29.8 Å². The van der Waals surface area contributed by atoms with Gasteiger partial charge in [-0.3, -0.25) is 4.98 Å². The van der Waals surface area contributed by atoms with Gasteiger partial charge in [0, 0.05) is 28.9 Å². The number of benzene rings is 1. The smallest absolute Gasteiger partial charge is 0.406 e. The van der Waals surface area contributed by atoms with Crippen LogP contribution in [-0.4, -0.2) is 21.4 Å². The van der Waals surface area contributed by atoms with E-state index in [0.717, 1.165) is 0 Å². The molecule has 0 spiro atoms. The zero-order valence-electron chi connectivity index (χ0n) is 16.5. The lowest BCUT2D eigenvalue weighted by atomic mass is 9.70. The first kappa shape index (κ1) is 22.1. The molecule has 0 aliphatic rings. The second-order valence-electron chi connectivity index (χ2n) is 7.81. The molecule has 1 unspecified atom stereocenters. The summed E-state index contributed by atoms with van der Waals surface area (Å²) in [7, 11) is 0. The molecule has 0 saturated heterocycles. The molecule has 0 fully saturated rings. The number of aromatic nitrogens is 2. The van der Waals surface area contributed by atoms with Crippen molar-refractivity contribution in [2.24, 2.45) is 5.41 Å². The zero-order valence-corrected chi connectivity index (χ0v) is 17.3. The van der Waals surface area contributed by atoms with Gasteiger partial charge in [0.2, 0.25) is 0 Å². The van der Waals surface area contributed by atoms with Crippen LogP contribution in [0.1, 0.15) is 32.0 Å². The van der Waals surface area contributed by atoms with Crippen molar-refractivity contribution in [1.29, 1.82) is 0 Å². The number of pyridine rings is 2. The van der Waals surface area contributed by atoms with Gasteiger partial charge in [0.1, 0.15) is 16.5 Å². The van der Waals surface area contributed by atoms with Gasteiger partial charge in [-0.15, -0.1) is 13.2 Å². The summed E-state index contributed by atoms with van der Waals surface area (Å²) in [5.74, 6) is -0.302. The Labute approximate surface area is 177 Å². The van der Waals surface area contributed by atoms with Crippen LogP contribution in [0.5, 0.6) is 5.75 Å². The van der Waals surface area contributed by atoms with Crippen LogP contribution in [0, 0.1) is 5.41 Å². The van der Waals surface area contributed by atoms with Gasteiger partial charge in [0.15, 0.2) is 0 Å². The molecule has 158 valence electrons. The zero-order chi connectivity index (χ0) is 22.2. The van der Waals surface area contributed by atoms with E-state index in [0.29, 0.717) is 22.4 Å². The van der Waals surface area contributed by atoms with E-state index in [4.69, 9.17) is 11.6 Å². The maximum absolute atomic E-state index is 12.3. The Morgan fingerprint density at radius 3 is 2.03 bits per heavy atom. The number of nitrogens with zero attached hydrogens (tertiary/aromatic N) is 2. The molecule has 0 aliphatic heterocycles. The SMILES string of the molecule is CC(C)(C)C(O)(c1ccc(-c2ccc(OC(F)(F)F)cc2)cn1)c1cccnc1Cl. The molecule has 0 amide bonds. The molecular weight excluding hydrogens is 417 g/mol. The van der Waals surface area contributed by atoms with Crippen molar-refractivity contribution in [2.75, 3.05) is 0 Å². The number of hydrogen-bond acceptors (Lipinski definition) is 4. The van der Waals surface area contributed by atoms with Crippen molar-refractivity contribution < 1.29 is 23.0 Å². The normalized spacial score (nSPS) is 14.3. The molecular formula is C22H20ClF3N2O2. The Kier molecular flexibility index (Phi) is 5.80. The minimum atomic E-state index is -4.74. The first-order chi connectivity index (χ1) is 13.9. The molecule has 2 aromatic heterocycles. The van der Waals surface area contributed by atoms with E-state index in [1.54, 1.807) is 30.5 Å². The highest BCUT2D eigenvalue weighted by Crippen LogP contribution is 2.46. The summed E-state index contributed by atoms with van der Waals surface area (Å²) in [6.45, 7) is 5.60. The van der Waals surface area contributed by atoms with Crippen LogP contribution < -0.4 is 4.74 Å². The summed E-state index contributed by atoms with van der Waals surface area (Å²) in [6.07, 6.45) is -1.65. The van der Waals surface area contributed by atoms with E-state index in [9.17, 15) is 18.3 Å². The van der Waals surface area contributed by atoms with E-state index in [1.807, 2.05) is 20.8 Å². The van der Waals surface area contributed by atoms with Gasteiger partial charge in [0.05, 0.1) is 5.69 Å². The minimum Gasteiger partial charge on any atom is -0.406 e. The van der Waals surface area contributed by atoms with Crippen molar-refractivity contribution in [3.8, 4) is 16.9 Å². The molecule has 4 nitrogen and oxygen atoms in total. The highest BCUT2D eigenvalue weighted by Gasteiger charge is 2.46. The van der Waals surface area contributed by atoms with Crippen LogP contribution >= 0.6 is 11.6 Å². The monoisotopic (exact) mass is 436 g/mol. The second kappa shape index (κ2) is 7.89.